The maximum Gasteiger partial charge on any atom is 0.411 e. The topological polar surface area (TPSA) is 169 Å². The summed E-state index contributed by atoms with van der Waals surface area (Å²) in [7, 11) is 1.28. The fraction of sp³-hybridized carbons (Fsp3) is 0.222. The van der Waals surface area contributed by atoms with Crippen LogP contribution < -0.4 is 21.5 Å². The van der Waals surface area contributed by atoms with Crippen molar-refractivity contribution in [3.63, 3.8) is 0 Å². The number of halogens is 1. The minimum Gasteiger partial charge on any atom is -0.453 e. The maximum absolute atomic E-state index is 13.1. The number of rotatable bonds is 9. The van der Waals surface area contributed by atoms with Crippen LogP contribution in [0.25, 0.3) is 22.9 Å². The first kappa shape index (κ1) is 27.7. The van der Waals surface area contributed by atoms with Crippen molar-refractivity contribution in [1.82, 2.24) is 41.0 Å². The van der Waals surface area contributed by atoms with Crippen LogP contribution in [0.1, 0.15) is 23.7 Å². The van der Waals surface area contributed by atoms with E-state index < -0.39 is 12.1 Å². The summed E-state index contributed by atoms with van der Waals surface area (Å²) in [6, 6.07) is 13.1. The number of hydrogen-bond donors (Lipinski definition) is 4. The van der Waals surface area contributed by atoms with E-state index in [1.807, 2.05) is 0 Å². The Morgan fingerprint density at radius 1 is 1.20 bits per heavy atom. The minimum absolute atomic E-state index is 0.337. The average Bonchev–Trinajstić information content (AvgIpc) is 3.49. The number of aromatic amines is 1. The zero-order chi connectivity index (χ0) is 28.8. The van der Waals surface area contributed by atoms with Gasteiger partial charge in [-0.05, 0) is 83.9 Å². The minimum atomic E-state index is -0.595. The third-order valence-corrected chi connectivity index (χ3v) is 6.79. The van der Waals surface area contributed by atoms with E-state index in [2.05, 4.69) is 46.4 Å². The lowest BCUT2D eigenvalue weighted by molar-refractivity contribution is -0.117. The van der Waals surface area contributed by atoms with Crippen LogP contribution >= 0.6 is 11.6 Å². The number of tetrazole rings is 1. The van der Waals surface area contributed by atoms with Gasteiger partial charge in [0, 0.05) is 22.3 Å². The smallest absolute Gasteiger partial charge is 0.411 e. The number of nitrogens with one attached hydrogen (secondary N) is 4. The summed E-state index contributed by atoms with van der Waals surface area (Å²) < 4.78 is 6.08. The van der Waals surface area contributed by atoms with E-state index in [1.54, 1.807) is 54.6 Å². The lowest BCUT2D eigenvalue weighted by Crippen LogP contribution is -2.44. The highest BCUT2D eigenvalue weighted by Crippen LogP contribution is 2.26. The first-order valence-corrected chi connectivity index (χ1v) is 13.0. The van der Waals surface area contributed by atoms with Crippen molar-refractivity contribution >= 4 is 35.4 Å². The Bertz CT molecular complexity index is 1620. The molecule has 4 aromatic rings. The lowest BCUT2D eigenvalue weighted by atomic mass is 9.92. The van der Waals surface area contributed by atoms with Crippen molar-refractivity contribution in [2.45, 2.75) is 12.5 Å². The second-order valence-corrected chi connectivity index (χ2v) is 9.78. The largest absolute Gasteiger partial charge is 0.453 e. The summed E-state index contributed by atoms with van der Waals surface area (Å²) in [5, 5.41) is 27.4. The molecule has 1 saturated heterocycles. The van der Waals surface area contributed by atoms with Gasteiger partial charge < -0.3 is 15.4 Å². The van der Waals surface area contributed by atoms with E-state index in [-0.39, 0.29) is 11.5 Å². The van der Waals surface area contributed by atoms with Crippen molar-refractivity contribution in [2.75, 3.05) is 25.5 Å². The molecule has 2 aromatic carbocycles. The summed E-state index contributed by atoms with van der Waals surface area (Å²) in [6.07, 6.45) is 4.52. The third-order valence-electron chi connectivity index (χ3n) is 6.56. The highest BCUT2D eigenvalue weighted by molar-refractivity contribution is 6.30. The molecule has 1 atom stereocenters. The first-order valence-electron chi connectivity index (χ1n) is 12.7. The quantitative estimate of drug-likeness (QED) is 0.219. The highest BCUT2D eigenvalue weighted by Gasteiger charge is 2.25. The molecular formula is C27H26ClN9O4. The van der Waals surface area contributed by atoms with E-state index in [9.17, 15) is 14.4 Å². The van der Waals surface area contributed by atoms with Crippen molar-refractivity contribution in [3.05, 3.63) is 87.6 Å². The average molecular weight is 576 g/mol. The molecule has 1 fully saturated rings. The third kappa shape index (κ3) is 6.83. The number of hydrogen-bond acceptors (Lipinski definition) is 9. The van der Waals surface area contributed by atoms with E-state index >= 15 is 0 Å². The Balaban J connectivity index is 1.38. The summed E-state index contributed by atoms with van der Waals surface area (Å²) in [6.45, 7) is 1.65. The van der Waals surface area contributed by atoms with Crippen LogP contribution in [0.5, 0.6) is 0 Å². The van der Waals surface area contributed by atoms with Gasteiger partial charge in [-0.1, -0.05) is 23.7 Å². The Kier molecular flexibility index (Phi) is 8.46. The molecule has 14 heteroatoms. The molecule has 1 unspecified atom stereocenters. The number of carbonyl (C=O) groups excluding carboxylic acids is 2. The number of anilines is 1. The van der Waals surface area contributed by atoms with Gasteiger partial charge in [-0.2, -0.15) is 9.78 Å². The Morgan fingerprint density at radius 2 is 2.00 bits per heavy atom. The molecule has 3 heterocycles. The van der Waals surface area contributed by atoms with Gasteiger partial charge in [-0.15, -0.1) is 5.10 Å². The standard InChI is InChI=1S/C27H26ClN9O4/c1-41-27(40)31-20-6-2-17(3-7-20)21-12-23(33-34-26(21)39)22(10-16-13-29-14-16)32-25(38)9-4-18-11-19(28)5-8-24(18)37-15-30-35-36-37/h2-9,11-12,15-16,22,29H,10,13-14H2,1H3,(H,31,40)(H,32,38)(H,34,39). The van der Waals surface area contributed by atoms with Gasteiger partial charge in [-0.25, -0.2) is 9.89 Å². The van der Waals surface area contributed by atoms with Gasteiger partial charge in [0.15, 0.2) is 0 Å². The molecule has 0 bridgehead atoms. The number of ether oxygens (including phenoxy) is 1. The number of carbonyl (C=O) groups is 2. The fourth-order valence-corrected chi connectivity index (χ4v) is 4.52. The number of nitrogens with zero attached hydrogens (tertiary/aromatic N) is 5. The van der Waals surface area contributed by atoms with Crippen LogP contribution in [0.2, 0.25) is 5.02 Å². The van der Waals surface area contributed by atoms with Gasteiger partial charge in [0.1, 0.15) is 6.33 Å². The lowest BCUT2D eigenvalue weighted by Gasteiger charge is -2.30. The molecule has 5 rings (SSSR count). The Morgan fingerprint density at radius 3 is 2.68 bits per heavy atom. The normalized spacial score (nSPS) is 13.9. The number of H-pyrrole nitrogens is 1. The van der Waals surface area contributed by atoms with Crippen molar-refractivity contribution in [2.24, 2.45) is 5.92 Å². The van der Waals surface area contributed by atoms with Crippen LogP contribution in [-0.2, 0) is 9.53 Å². The van der Waals surface area contributed by atoms with Gasteiger partial charge in [-0.3, -0.25) is 14.9 Å². The van der Waals surface area contributed by atoms with E-state index in [0.717, 1.165) is 13.1 Å². The van der Waals surface area contributed by atoms with Crippen LogP contribution in [0, 0.1) is 5.92 Å². The summed E-state index contributed by atoms with van der Waals surface area (Å²) in [5.74, 6) is -0.0119. The predicted octanol–water partition coefficient (Wildman–Crippen LogP) is 2.72. The Labute approximate surface area is 238 Å². The molecule has 0 spiro atoms. The predicted molar refractivity (Wildman–Crippen MR) is 151 cm³/mol. The van der Waals surface area contributed by atoms with E-state index in [1.165, 1.54) is 24.2 Å². The van der Waals surface area contributed by atoms with Crippen LogP contribution in [0.4, 0.5) is 10.5 Å². The van der Waals surface area contributed by atoms with Gasteiger partial charge in [0.25, 0.3) is 5.56 Å². The zero-order valence-electron chi connectivity index (χ0n) is 21.9. The zero-order valence-corrected chi connectivity index (χ0v) is 22.6. The second kappa shape index (κ2) is 12.5. The van der Waals surface area contributed by atoms with Crippen LogP contribution in [-0.4, -0.2) is 62.6 Å². The molecule has 210 valence electrons. The summed E-state index contributed by atoms with van der Waals surface area (Å²) >= 11 is 6.19. The number of methoxy groups -OCH3 is 1. The molecule has 0 aliphatic carbocycles. The first-order chi connectivity index (χ1) is 19.9. The number of amides is 2. The summed E-state index contributed by atoms with van der Waals surface area (Å²) in [5.41, 5.74) is 2.96. The molecule has 1 aliphatic rings. The van der Waals surface area contributed by atoms with Crippen molar-refractivity contribution in [1.29, 1.82) is 0 Å². The summed E-state index contributed by atoms with van der Waals surface area (Å²) in [4.78, 5) is 37.3. The van der Waals surface area contributed by atoms with Crippen molar-refractivity contribution in [3.8, 4) is 16.8 Å². The number of aromatic nitrogens is 6. The molecule has 0 radical (unpaired) electrons. The molecule has 4 N–H and O–H groups in total. The molecule has 0 saturated carbocycles. The van der Waals surface area contributed by atoms with Gasteiger partial charge >= 0.3 is 6.09 Å². The highest BCUT2D eigenvalue weighted by atomic mass is 35.5. The molecule has 13 nitrogen and oxygen atoms in total. The maximum atomic E-state index is 13.1. The van der Waals surface area contributed by atoms with Crippen LogP contribution in [0.3, 0.4) is 0 Å². The monoisotopic (exact) mass is 575 g/mol. The molecule has 1 aliphatic heterocycles. The Hall–Kier alpha value is -4.88. The molecule has 2 amide bonds. The van der Waals surface area contributed by atoms with Crippen molar-refractivity contribution < 1.29 is 14.3 Å². The SMILES string of the molecule is COC(=O)Nc1ccc(-c2cc(C(CC3CNC3)NC(=O)C=Cc3cc(Cl)ccc3-n3cnnn3)n[nH]c2=O)cc1. The van der Waals surface area contributed by atoms with Gasteiger partial charge in [0.05, 0.1) is 30.1 Å². The molecule has 2 aromatic heterocycles. The second-order valence-electron chi connectivity index (χ2n) is 9.34. The number of benzene rings is 2. The van der Waals surface area contributed by atoms with E-state index in [0.29, 0.717) is 51.1 Å². The van der Waals surface area contributed by atoms with Gasteiger partial charge in [0.2, 0.25) is 5.91 Å². The van der Waals surface area contributed by atoms with Crippen LogP contribution in [0.15, 0.2) is 65.7 Å². The fourth-order valence-electron chi connectivity index (χ4n) is 4.34. The van der Waals surface area contributed by atoms with E-state index in [4.69, 9.17) is 11.6 Å². The molecule has 41 heavy (non-hydrogen) atoms. The molecular weight excluding hydrogens is 550 g/mol.